The smallest absolute Gasteiger partial charge is 0.0503 e. The molecule has 0 aliphatic carbocycles. The summed E-state index contributed by atoms with van der Waals surface area (Å²) in [6, 6.07) is 8.57. The highest BCUT2D eigenvalue weighted by Crippen LogP contribution is 2.18. The van der Waals surface area contributed by atoms with Gasteiger partial charge in [-0.2, -0.15) is 0 Å². The van der Waals surface area contributed by atoms with Gasteiger partial charge < -0.3 is 10.1 Å². The van der Waals surface area contributed by atoms with E-state index in [4.69, 9.17) is 4.74 Å². The highest BCUT2D eigenvalue weighted by atomic mass is 16.5. The molecule has 0 amide bonds. The van der Waals surface area contributed by atoms with Crippen LogP contribution in [0.2, 0.25) is 0 Å². The predicted octanol–water partition coefficient (Wildman–Crippen LogP) is 4.50. The fraction of sp³-hybridized carbons (Fsp3) is 0.647. The Morgan fingerprint density at radius 3 is 2.68 bits per heavy atom. The third-order valence-corrected chi connectivity index (χ3v) is 3.72. The first kappa shape index (κ1) is 16.0. The molecule has 1 aromatic rings. The van der Waals surface area contributed by atoms with Gasteiger partial charge in [-0.15, -0.1) is 0 Å². The molecule has 2 heteroatoms. The van der Waals surface area contributed by atoms with E-state index in [2.05, 4.69) is 43.4 Å². The Morgan fingerprint density at radius 2 is 2.00 bits per heavy atom. The summed E-state index contributed by atoms with van der Waals surface area (Å²) in [6.07, 6.45) is 6.20. The van der Waals surface area contributed by atoms with Crippen molar-refractivity contribution in [3.63, 3.8) is 0 Å². The van der Waals surface area contributed by atoms with Gasteiger partial charge in [0.2, 0.25) is 0 Å². The second kappa shape index (κ2) is 9.85. The van der Waals surface area contributed by atoms with Gasteiger partial charge in [0.15, 0.2) is 0 Å². The van der Waals surface area contributed by atoms with Crippen LogP contribution >= 0.6 is 0 Å². The summed E-state index contributed by atoms with van der Waals surface area (Å²) in [4.78, 5) is 0. The molecule has 0 bridgehead atoms. The maximum absolute atomic E-state index is 5.17. The fourth-order valence-corrected chi connectivity index (χ4v) is 2.32. The molecule has 1 rings (SSSR count). The molecule has 19 heavy (non-hydrogen) atoms. The zero-order valence-corrected chi connectivity index (χ0v) is 12.7. The minimum atomic E-state index is 0.783. The molecular weight excluding hydrogens is 234 g/mol. The van der Waals surface area contributed by atoms with E-state index in [0.717, 1.165) is 25.5 Å². The van der Waals surface area contributed by atoms with Crippen molar-refractivity contribution in [2.24, 2.45) is 5.92 Å². The van der Waals surface area contributed by atoms with Crippen LogP contribution in [0.4, 0.5) is 5.69 Å². The minimum absolute atomic E-state index is 0.783. The lowest BCUT2D eigenvalue weighted by Crippen LogP contribution is -2.15. The lowest BCUT2D eigenvalue weighted by molar-refractivity contribution is 0.202. The Kier molecular flexibility index (Phi) is 8.31. The molecule has 0 saturated carbocycles. The first-order chi connectivity index (χ1) is 9.31. The van der Waals surface area contributed by atoms with Gasteiger partial charge in [-0.3, -0.25) is 0 Å². The average Bonchev–Trinajstić information content (AvgIpc) is 2.46. The standard InChI is InChI=1S/C17H29NO/c1-4-6-9-15(5-2)14-18-17-11-8-7-10-16(17)12-13-19-3/h7-8,10-11,15,18H,4-6,9,12-14H2,1-3H3. The monoisotopic (exact) mass is 263 g/mol. The van der Waals surface area contributed by atoms with E-state index in [1.54, 1.807) is 7.11 Å². The number of hydrogen-bond donors (Lipinski definition) is 1. The number of rotatable bonds is 10. The predicted molar refractivity (Wildman–Crippen MR) is 83.8 cm³/mol. The first-order valence-electron chi connectivity index (χ1n) is 7.62. The lowest BCUT2D eigenvalue weighted by atomic mass is 9.99. The summed E-state index contributed by atoms with van der Waals surface area (Å²) in [5.41, 5.74) is 2.63. The largest absolute Gasteiger partial charge is 0.385 e. The van der Waals surface area contributed by atoms with Crippen molar-refractivity contribution < 1.29 is 4.74 Å². The Balaban J connectivity index is 2.50. The van der Waals surface area contributed by atoms with Crippen molar-refractivity contribution in [2.45, 2.75) is 46.0 Å². The van der Waals surface area contributed by atoms with Gasteiger partial charge in [0.25, 0.3) is 0 Å². The number of para-hydroxylation sites is 1. The molecule has 0 aromatic heterocycles. The van der Waals surface area contributed by atoms with Crippen LogP contribution < -0.4 is 5.32 Å². The third-order valence-electron chi connectivity index (χ3n) is 3.72. The summed E-state index contributed by atoms with van der Waals surface area (Å²) in [6.45, 7) is 6.42. The number of hydrogen-bond acceptors (Lipinski definition) is 2. The van der Waals surface area contributed by atoms with Gasteiger partial charge in [0.1, 0.15) is 0 Å². The molecular formula is C17H29NO. The molecule has 0 aliphatic rings. The summed E-state index contributed by atoms with van der Waals surface area (Å²) in [5, 5.41) is 3.63. The zero-order valence-electron chi connectivity index (χ0n) is 12.7. The second-order valence-corrected chi connectivity index (χ2v) is 5.20. The van der Waals surface area contributed by atoms with Gasteiger partial charge in [-0.25, -0.2) is 0 Å². The molecule has 0 spiro atoms. The molecule has 1 atom stereocenters. The van der Waals surface area contributed by atoms with Crippen LogP contribution in [0.3, 0.4) is 0 Å². The number of nitrogens with one attached hydrogen (secondary N) is 1. The van der Waals surface area contributed by atoms with Crippen LogP contribution in [0.1, 0.15) is 45.1 Å². The quantitative estimate of drug-likeness (QED) is 0.671. The van der Waals surface area contributed by atoms with Crippen molar-refractivity contribution >= 4 is 5.69 Å². The van der Waals surface area contributed by atoms with Gasteiger partial charge in [0.05, 0.1) is 6.61 Å². The van der Waals surface area contributed by atoms with E-state index >= 15 is 0 Å². The maximum Gasteiger partial charge on any atom is 0.0503 e. The molecule has 108 valence electrons. The summed E-state index contributed by atoms with van der Waals surface area (Å²) in [7, 11) is 1.76. The Labute approximate surface area is 118 Å². The third kappa shape index (κ3) is 6.11. The SMILES string of the molecule is CCCCC(CC)CNc1ccccc1CCOC. The molecule has 0 saturated heterocycles. The number of anilines is 1. The topological polar surface area (TPSA) is 21.3 Å². The van der Waals surface area contributed by atoms with Gasteiger partial charge in [-0.05, 0) is 30.4 Å². The molecule has 0 radical (unpaired) electrons. The molecule has 1 N–H and O–H groups in total. The number of methoxy groups -OCH3 is 1. The van der Waals surface area contributed by atoms with E-state index in [0.29, 0.717) is 0 Å². The summed E-state index contributed by atoms with van der Waals surface area (Å²) < 4.78 is 5.17. The zero-order chi connectivity index (χ0) is 13.9. The Morgan fingerprint density at radius 1 is 1.21 bits per heavy atom. The van der Waals surface area contributed by atoms with Crippen molar-refractivity contribution in [1.82, 2.24) is 0 Å². The molecule has 2 nitrogen and oxygen atoms in total. The summed E-state index contributed by atoms with van der Waals surface area (Å²) >= 11 is 0. The van der Waals surface area contributed by atoms with Crippen LogP contribution in [0.5, 0.6) is 0 Å². The van der Waals surface area contributed by atoms with E-state index in [-0.39, 0.29) is 0 Å². The van der Waals surface area contributed by atoms with E-state index < -0.39 is 0 Å². The number of ether oxygens (including phenoxy) is 1. The molecule has 1 unspecified atom stereocenters. The van der Waals surface area contributed by atoms with Crippen LogP contribution in [-0.4, -0.2) is 20.3 Å². The normalized spacial score (nSPS) is 12.4. The minimum Gasteiger partial charge on any atom is -0.385 e. The Hall–Kier alpha value is -1.02. The van der Waals surface area contributed by atoms with Crippen molar-refractivity contribution in [3.05, 3.63) is 29.8 Å². The highest BCUT2D eigenvalue weighted by Gasteiger charge is 2.07. The van der Waals surface area contributed by atoms with Crippen LogP contribution in [0.15, 0.2) is 24.3 Å². The van der Waals surface area contributed by atoms with Gasteiger partial charge in [-0.1, -0.05) is 51.3 Å². The van der Waals surface area contributed by atoms with Crippen molar-refractivity contribution in [3.8, 4) is 0 Å². The van der Waals surface area contributed by atoms with Crippen LogP contribution in [0, 0.1) is 5.92 Å². The Bertz CT molecular complexity index is 338. The van der Waals surface area contributed by atoms with Crippen LogP contribution in [0.25, 0.3) is 0 Å². The van der Waals surface area contributed by atoms with Gasteiger partial charge in [0, 0.05) is 19.3 Å². The van der Waals surface area contributed by atoms with Crippen LogP contribution in [-0.2, 0) is 11.2 Å². The van der Waals surface area contributed by atoms with Gasteiger partial charge >= 0.3 is 0 Å². The van der Waals surface area contributed by atoms with E-state index in [1.165, 1.54) is 36.9 Å². The fourth-order valence-electron chi connectivity index (χ4n) is 2.32. The highest BCUT2D eigenvalue weighted by molar-refractivity contribution is 5.51. The number of benzene rings is 1. The van der Waals surface area contributed by atoms with Crippen molar-refractivity contribution in [2.75, 3.05) is 25.6 Å². The summed E-state index contributed by atoms with van der Waals surface area (Å²) in [5.74, 6) is 0.787. The lowest BCUT2D eigenvalue weighted by Gasteiger charge is -2.18. The molecule has 0 heterocycles. The number of unbranched alkanes of at least 4 members (excludes halogenated alkanes) is 1. The molecule has 0 fully saturated rings. The maximum atomic E-state index is 5.17. The molecule has 1 aromatic carbocycles. The average molecular weight is 263 g/mol. The molecule has 0 aliphatic heterocycles. The van der Waals surface area contributed by atoms with E-state index in [9.17, 15) is 0 Å². The van der Waals surface area contributed by atoms with Crippen molar-refractivity contribution in [1.29, 1.82) is 0 Å². The first-order valence-corrected chi connectivity index (χ1v) is 7.62. The van der Waals surface area contributed by atoms with E-state index in [1.807, 2.05) is 0 Å². The second-order valence-electron chi connectivity index (χ2n) is 5.20.